The molecular formula is C17H16Br2N2O2S2. The van der Waals surface area contributed by atoms with E-state index in [1.54, 1.807) is 11.3 Å². The van der Waals surface area contributed by atoms with Crippen LogP contribution < -0.4 is 10.6 Å². The van der Waals surface area contributed by atoms with Crippen LogP contribution in [0, 0.1) is 0 Å². The van der Waals surface area contributed by atoms with E-state index < -0.39 is 0 Å². The van der Waals surface area contributed by atoms with Crippen LogP contribution in [-0.4, -0.2) is 18.2 Å². The summed E-state index contributed by atoms with van der Waals surface area (Å²) in [6.45, 7) is 0. The number of methoxy groups -OCH3 is 1. The zero-order valence-electron chi connectivity index (χ0n) is 13.4. The number of anilines is 2. The summed E-state index contributed by atoms with van der Waals surface area (Å²) in [4.78, 5) is 13.5. The molecule has 0 saturated heterocycles. The van der Waals surface area contributed by atoms with Crippen LogP contribution in [0.3, 0.4) is 0 Å². The molecule has 3 rings (SSSR count). The highest BCUT2D eigenvalue weighted by molar-refractivity contribution is 9.11. The quantitative estimate of drug-likeness (QED) is 0.412. The molecule has 4 nitrogen and oxygen atoms in total. The lowest BCUT2D eigenvalue weighted by Crippen LogP contribution is -2.20. The van der Waals surface area contributed by atoms with Crippen molar-refractivity contribution in [1.82, 2.24) is 0 Å². The molecule has 1 aromatic carbocycles. The standard InChI is InChI=1S/C17H16Br2N2O2S2/c1-23-16(22)14-10-4-2-3-5-13(10)25-15(14)21-17(24)20-12-7-6-9(18)8-11(12)19/h6-8H,2-5H2,1H3,(H2,20,21,24). The summed E-state index contributed by atoms with van der Waals surface area (Å²) >= 11 is 14.0. The molecule has 0 saturated carbocycles. The number of hydrogen-bond acceptors (Lipinski definition) is 4. The molecule has 2 N–H and O–H groups in total. The Balaban J connectivity index is 1.83. The normalized spacial score (nSPS) is 13.1. The Labute approximate surface area is 172 Å². The van der Waals surface area contributed by atoms with Crippen LogP contribution in [0.2, 0.25) is 0 Å². The zero-order valence-corrected chi connectivity index (χ0v) is 18.3. The fraction of sp³-hybridized carbons (Fsp3) is 0.294. The molecule has 0 unspecified atom stereocenters. The summed E-state index contributed by atoms with van der Waals surface area (Å²) < 4.78 is 6.85. The van der Waals surface area contributed by atoms with Crippen molar-refractivity contribution in [2.45, 2.75) is 25.7 Å². The second-order valence-electron chi connectivity index (χ2n) is 5.61. The van der Waals surface area contributed by atoms with Crippen molar-refractivity contribution in [2.24, 2.45) is 0 Å². The third-order valence-corrected chi connectivity index (χ3v) is 6.53. The van der Waals surface area contributed by atoms with Gasteiger partial charge in [0.25, 0.3) is 0 Å². The van der Waals surface area contributed by atoms with Crippen LogP contribution in [-0.2, 0) is 17.6 Å². The maximum Gasteiger partial charge on any atom is 0.341 e. The number of esters is 1. The minimum Gasteiger partial charge on any atom is -0.465 e. The molecule has 0 atom stereocenters. The average Bonchev–Trinajstić information content (AvgIpc) is 2.94. The number of thiophene rings is 1. The van der Waals surface area contributed by atoms with E-state index in [-0.39, 0.29) is 5.97 Å². The van der Waals surface area contributed by atoms with Gasteiger partial charge in [-0.2, -0.15) is 0 Å². The van der Waals surface area contributed by atoms with Gasteiger partial charge in [0.2, 0.25) is 0 Å². The number of hydrogen-bond donors (Lipinski definition) is 2. The Hall–Kier alpha value is -0.960. The molecule has 0 amide bonds. The molecule has 0 aliphatic heterocycles. The van der Waals surface area contributed by atoms with Crippen molar-refractivity contribution in [3.63, 3.8) is 0 Å². The van der Waals surface area contributed by atoms with Crippen molar-refractivity contribution < 1.29 is 9.53 Å². The maximum absolute atomic E-state index is 12.3. The van der Waals surface area contributed by atoms with Crippen molar-refractivity contribution in [3.05, 3.63) is 43.1 Å². The molecule has 1 heterocycles. The van der Waals surface area contributed by atoms with E-state index in [1.165, 1.54) is 12.0 Å². The summed E-state index contributed by atoms with van der Waals surface area (Å²) in [5.41, 5.74) is 2.58. The number of aryl methyl sites for hydroxylation is 1. The van der Waals surface area contributed by atoms with Gasteiger partial charge < -0.3 is 15.4 Å². The van der Waals surface area contributed by atoms with Crippen molar-refractivity contribution in [1.29, 1.82) is 0 Å². The number of rotatable bonds is 3. The van der Waals surface area contributed by atoms with E-state index in [1.807, 2.05) is 18.2 Å². The smallest absolute Gasteiger partial charge is 0.341 e. The number of fused-ring (bicyclic) bond motifs is 1. The fourth-order valence-corrected chi connectivity index (χ4v) is 5.52. The summed E-state index contributed by atoms with van der Waals surface area (Å²) in [7, 11) is 1.41. The van der Waals surface area contributed by atoms with E-state index in [2.05, 4.69) is 42.5 Å². The Morgan fingerprint density at radius 1 is 1.24 bits per heavy atom. The first kappa shape index (κ1) is 18.8. The van der Waals surface area contributed by atoms with Crippen LogP contribution in [0.5, 0.6) is 0 Å². The molecular weight excluding hydrogens is 488 g/mol. The van der Waals surface area contributed by atoms with Gasteiger partial charge in [-0.15, -0.1) is 11.3 Å². The van der Waals surface area contributed by atoms with Crippen LogP contribution >= 0.6 is 55.4 Å². The van der Waals surface area contributed by atoms with Crippen molar-refractivity contribution in [2.75, 3.05) is 17.7 Å². The van der Waals surface area contributed by atoms with Gasteiger partial charge in [-0.05, 0) is 77.6 Å². The lowest BCUT2D eigenvalue weighted by molar-refractivity contribution is 0.0601. The van der Waals surface area contributed by atoms with E-state index in [9.17, 15) is 4.79 Å². The molecule has 1 aromatic heterocycles. The highest BCUT2D eigenvalue weighted by Crippen LogP contribution is 2.38. The zero-order chi connectivity index (χ0) is 18.0. The number of halogens is 2. The van der Waals surface area contributed by atoms with E-state index in [0.29, 0.717) is 10.7 Å². The van der Waals surface area contributed by atoms with E-state index in [0.717, 1.165) is 50.9 Å². The number of carbonyl (C=O) groups excluding carboxylic acids is 1. The Bertz CT molecular complexity index is 836. The molecule has 1 aliphatic rings. The summed E-state index contributed by atoms with van der Waals surface area (Å²) in [5, 5.41) is 7.53. The summed E-state index contributed by atoms with van der Waals surface area (Å²) in [6, 6.07) is 5.79. The van der Waals surface area contributed by atoms with Crippen LogP contribution in [0.4, 0.5) is 10.7 Å². The highest BCUT2D eigenvalue weighted by Gasteiger charge is 2.26. The first-order valence-corrected chi connectivity index (χ1v) is 10.6. The Morgan fingerprint density at radius 3 is 2.72 bits per heavy atom. The Morgan fingerprint density at radius 2 is 2.00 bits per heavy atom. The van der Waals surface area contributed by atoms with Crippen molar-refractivity contribution >= 4 is 77.2 Å². The molecule has 2 aromatic rings. The van der Waals surface area contributed by atoms with Gasteiger partial charge in [0.15, 0.2) is 5.11 Å². The lowest BCUT2D eigenvalue weighted by Gasteiger charge is -2.13. The number of benzene rings is 1. The molecule has 0 bridgehead atoms. The third-order valence-electron chi connectivity index (χ3n) is 3.97. The van der Waals surface area contributed by atoms with Crippen LogP contribution in [0.25, 0.3) is 0 Å². The average molecular weight is 504 g/mol. The molecule has 0 radical (unpaired) electrons. The van der Waals surface area contributed by atoms with Crippen molar-refractivity contribution in [3.8, 4) is 0 Å². The van der Waals surface area contributed by atoms with E-state index >= 15 is 0 Å². The number of nitrogens with one attached hydrogen (secondary N) is 2. The SMILES string of the molecule is COC(=O)c1c(NC(=S)Nc2ccc(Br)cc2Br)sc2c1CCCC2. The largest absolute Gasteiger partial charge is 0.465 e. The highest BCUT2D eigenvalue weighted by atomic mass is 79.9. The first-order chi connectivity index (χ1) is 12.0. The van der Waals surface area contributed by atoms with Gasteiger partial charge in [-0.1, -0.05) is 15.9 Å². The molecule has 0 spiro atoms. The van der Waals surface area contributed by atoms with Gasteiger partial charge in [-0.25, -0.2) is 4.79 Å². The van der Waals surface area contributed by atoms with Gasteiger partial charge in [0.1, 0.15) is 5.00 Å². The predicted molar refractivity (Wildman–Crippen MR) is 114 cm³/mol. The molecule has 1 aliphatic carbocycles. The van der Waals surface area contributed by atoms with Gasteiger partial charge in [-0.3, -0.25) is 0 Å². The van der Waals surface area contributed by atoms with E-state index in [4.69, 9.17) is 17.0 Å². The van der Waals surface area contributed by atoms with Crippen LogP contribution in [0.1, 0.15) is 33.6 Å². The van der Waals surface area contributed by atoms with Gasteiger partial charge in [0.05, 0.1) is 18.4 Å². The second-order valence-corrected chi connectivity index (χ2v) is 8.89. The minimum absolute atomic E-state index is 0.311. The van der Waals surface area contributed by atoms with Gasteiger partial charge in [0, 0.05) is 13.8 Å². The predicted octanol–water partition coefficient (Wildman–Crippen LogP) is 5.75. The summed E-state index contributed by atoms with van der Waals surface area (Å²) in [6.07, 6.45) is 4.17. The fourth-order valence-electron chi connectivity index (χ4n) is 2.82. The lowest BCUT2D eigenvalue weighted by atomic mass is 9.95. The summed E-state index contributed by atoms with van der Waals surface area (Å²) in [5.74, 6) is -0.311. The number of thiocarbonyl (C=S) groups is 1. The number of ether oxygens (including phenoxy) is 1. The topological polar surface area (TPSA) is 50.4 Å². The first-order valence-electron chi connectivity index (χ1n) is 7.75. The molecule has 8 heteroatoms. The Kier molecular flexibility index (Phi) is 6.14. The maximum atomic E-state index is 12.3. The molecule has 132 valence electrons. The van der Waals surface area contributed by atoms with Gasteiger partial charge >= 0.3 is 5.97 Å². The molecule has 0 fully saturated rings. The third kappa shape index (κ3) is 4.24. The molecule has 25 heavy (non-hydrogen) atoms. The van der Waals surface area contributed by atoms with Crippen LogP contribution in [0.15, 0.2) is 27.1 Å². The minimum atomic E-state index is -0.311. The monoisotopic (exact) mass is 502 g/mol. The number of carbonyl (C=O) groups is 1. The second kappa shape index (κ2) is 8.16.